The summed E-state index contributed by atoms with van der Waals surface area (Å²) >= 11 is 0. The first-order valence-corrected chi connectivity index (χ1v) is 13.2. The number of hydrogen-bond donors (Lipinski definition) is 3. The maximum atomic E-state index is 13.2. The van der Waals surface area contributed by atoms with Crippen LogP contribution in [0.4, 0.5) is 11.5 Å². The van der Waals surface area contributed by atoms with E-state index in [-0.39, 0.29) is 11.3 Å². The second-order valence-corrected chi connectivity index (χ2v) is 11.3. The summed E-state index contributed by atoms with van der Waals surface area (Å²) < 4.78 is 5.58. The van der Waals surface area contributed by atoms with Crippen LogP contribution in [0.5, 0.6) is 0 Å². The van der Waals surface area contributed by atoms with Gasteiger partial charge in [-0.15, -0.1) is 0 Å². The highest BCUT2D eigenvalue weighted by Gasteiger charge is 2.51. The predicted octanol–water partition coefficient (Wildman–Crippen LogP) is 5.88. The number of aromatic nitrogens is 1. The number of amides is 1. The Balaban J connectivity index is 1.05. The standard InChI is InChI=1S/C29H36N4O2/c1-19-5-6-23(35-19)18-30-9-10-31-27-8-7-24-25(32-27)3-2-4-26(24)33-28(34)17-29-14-20-11-21(15-29)13-22(12-20)16-29/h2-8,20-22,30H,9-18H2,1H3,(H,31,32)(H,33,34). The van der Waals surface area contributed by atoms with Crippen molar-refractivity contribution in [1.29, 1.82) is 0 Å². The van der Waals surface area contributed by atoms with Crippen LogP contribution in [0, 0.1) is 30.1 Å². The average molecular weight is 473 g/mol. The van der Waals surface area contributed by atoms with Crippen LogP contribution in [-0.4, -0.2) is 24.0 Å². The number of furan rings is 1. The van der Waals surface area contributed by atoms with Gasteiger partial charge >= 0.3 is 0 Å². The highest BCUT2D eigenvalue weighted by Crippen LogP contribution is 2.61. The number of pyridine rings is 1. The first kappa shape index (κ1) is 22.6. The Hall–Kier alpha value is -2.86. The number of hydrogen-bond acceptors (Lipinski definition) is 5. The van der Waals surface area contributed by atoms with Crippen molar-refractivity contribution < 1.29 is 9.21 Å². The van der Waals surface area contributed by atoms with E-state index < -0.39 is 0 Å². The Morgan fingerprint density at radius 1 is 1.00 bits per heavy atom. The van der Waals surface area contributed by atoms with Crippen LogP contribution in [-0.2, 0) is 11.3 Å². The van der Waals surface area contributed by atoms with Crippen LogP contribution in [0.2, 0.25) is 0 Å². The highest BCUT2D eigenvalue weighted by atomic mass is 16.3. The molecule has 4 aliphatic rings. The molecule has 3 N–H and O–H groups in total. The van der Waals surface area contributed by atoms with E-state index in [1.54, 1.807) is 0 Å². The third-order valence-electron chi connectivity index (χ3n) is 8.41. The van der Waals surface area contributed by atoms with Crippen molar-refractivity contribution in [3.63, 3.8) is 0 Å². The fourth-order valence-corrected chi connectivity index (χ4v) is 7.47. The lowest BCUT2D eigenvalue weighted by atomic mass is 9.49. The van der Waals surface area contributed by atoms with Gasteiger partial charge in [-0.25, -0.2) is 4.98 Å². The van der Waals surface area contributed by atoms with Crippen LogP contribution >= 0.6 is 0 Å². The molecule has 35 heavy (non-hydrogen) atoms. The van der Waals surface area contributed by atoms with E-state index in [4.69, 9.17) is 9.40 Å². The van der Waals surface area contributed by atoms with E-state index in [2.05, 4.69) is 22.0 Å². The third kappa shape index (κ3) is 4.94. The van der Waals surface area contributed by atoms with Crippen molar-refractivity contribution >= 4 is 28.3 Å². The lowest BCUT2D eigenvalue weighted by Gasteiger charge is -2.56. The largest absolute Gasteiger partial charge is 0.465 e. The molecule has 1 amide bonds. The first-order chi connectivity index (χ1) is 17.0. The van der Waals surface area contributed by atoms with Crippen LogP contribution in [0.1, 0.15) is 56.5 Å². The van der Waals surface area contributed by atoms with E-state index >= 15 is 0 Å². The Morgan fingerprint density at radius 2 is 1.77 bits per heavy atom. The Bertz CT molecular complexity index is 1180. The van der Waals surface area contributed by atoms with E-state index in [1.807, 2.05) is 43.3 Å². The molecule has 0 saturated heterocycles. The minimum atomic E-state index is 0.166. The van der Waals surface area contributed by atoms with Gasteiger partial charge in [0.15, 0.2) is 0 Å². The number of benzene rings is 1. The summed E-state index contributed by atoms with van der Waals surface area (Å²) in [6, 6.07) is 14.0. The molecule has 184 valence electrons. The molecule has 6 heteroatoms. The number of fused-ring (bicyclic) bond motifs is 1. The molecule has 2 heterocycles. The van der Waals surface area contributed by atoms with Crippen LogP contribution in [0.15, 0.2) is 46.9 Å². The molecule has 3 aromatic rings. The smallest absolute Gasteiger partial charge is 0.224 e. The zero-order valence-electron chi connectivity index (χ0n) is 20.6. The van der Waals surface area contributed by atoms with Crippen molar-refractivity contribution in [2.24, 2.45) is 23.2 Å². The topological polar surface area (TPSA) is 79.2 Å². The lowest BCUT2D eigenvalue weighted by molar-refractivity contribution is -0.124. The molecule has 4 aliphatic carbocycles. The highest BCUT2D eigenvalue weighted by molar-refractivity contribution is 6.01. The quantitative estimate of drug-likeness (QED) is 0.339. The first-order valence-electron chi connectivity index (χ1n) is 13.2. The SMILES string of the molecule is Cc1ccc(CNCCNc2ccc3c(NC(=O)CC45CC6CC(CC(C6)C4)C5)cccc3n2)o1. The molecular weight excluding hydrogens is 436 g/mol. The van der Waals surface area contributed by atoms with Gasteiger partial charge in [0, 0.05) is 24.9 Å². The van der Waals surface area contributed by atoms with Crippen LogP contribution in [0.25, 0.3) is 10.9 Å². The zero-order chi connectivity index (χ0) is 23.8. The van der Waals surface area contributed by atoms with E-state index in [9.17, 15) is 4.79 Å². The molecule has 7 rings (SSSR count). The minimum absolute atomic E-state index is 0.166. The number of carbonyl (C=O) groups excluding carboxylic acids is 1. The van der Waals surface area contributed by atoms with Gasteiger partial charge in [-0.3, -0.25) is 4.79 Å². The van der Waals surface area contributed by atoms with Gasteiger partial charge in [-0.2, -0.15) is 0 Å². The number of nitrogens with zero attached hydrogens (tertiary/aromatic N) is 1. The molecule has 4 fully saturated rings. The second-order valence-electron chi connectivity index (χ2n) is 11.3. The van der Waals surface area contributed by atoms with Crippen molar-refractivity contribution in [2.75, 3.05) is 23.7 Å². The van der Waals surface area contributed by atoms with Gasteiger partial charge in [0.1, 0.15) is 17.3 Å². The maximum absolute atomic E-state index is 13.2. The summed E-state index contributed by atoms with van der Waals surface area (Å²) in [4.78, 5) is 17.9. The lowest BCUT2D eigenvalue weighted by Crippen LogP contribution is -2.47. The van der Waals surface area contributed by atoms with E-state index in [0.29, 0.717) is 13.0 Å². The molecule has 0 unspecified atom stereocenters. The average Bonchev–Trinajstić information content (AvgIpc) is 3.22. The van der Waals surface area contributed by atoms with E-state index in [0.717, 1.165) is 64.8 Å². The summed E-state index contributed by atoms with van der Waals surface area (Å²) in [7, 11) is 0. The molecule has 6 nitrogen and oxygen atoms in total. The fourth-order valence-electron chi connectivity index (χ4n) is 7.47. The summed E-state index contributed by atoms with van der Waals surface area (Å²) in [5.41, 5.74) is 2.01. The second kappa shape index (κ2) is 9.30. The van der Waals surface area contributed by atoms with Gasteiger partial charge in [-0.05, 0) is 105 Å². The predicted molar refractivity (Wildman–Crippen MR) is 139 cm³/mol. The molecule has 0 radical (unpaired) electrons. The van der Waals surface area contributed by atoms with Gasteiger partial charge < -0.3 is 20.4 Å². The molecule has 4 bridgehead atoms. The molecule has 0 aliphatic heterocycles. The van der Waals surface area contributed by atoms with Crippen molar-refractivity contribution in [3.8, 4) is 0 Å². The van der Waals surface area contributed by atoms with Crippen molar-refractivity contribution in [2.45, 2.75) is 58.4 Å². The Kier molecular flexibility index (Phi) is 6.01. The molecular formula is C29H36N4O2. The summed E-state index contributed by atoms with van der Waals surface area (Å²) in [5, 5.41) is 11.0. The molecule has 4 saturated carbocycles. The summed E-state index contributed by atoms with van der Waals surface area (Å²) in [6.07, 6.45) is 8.67. The summed E-state index contributed by atoms with van der Waals surface area (Å²) in [6.45, 7) is 4.24. The van der Waals surface area contributed by atoms with Crippen LogP contribution < -0.4 is 16.0 Å². The summed E-state index contributed by atoms with van der Waals surface area (Å²) in [5.74, 6) is 5.49. The van der Waals surface area contributed by atoms with E-state index in [1.165, 1.54) is 38.5 Å². The Morgan fingerprint density at radius 3 is 2.49 bits per heavy atom. The molecule has 1 aromatic carbocycles. The number of nitrogens with one attached hydrogen (secondary N) is 3. The minimum Gasteiger partial charge on any atom is -0.465 e. The third-order valence-corrected chi connectivity index (χ3v) is 8.41. The van der Waals surface area contributed by atoms with Gasteiger partial charge in [-0.1, -0.05) is 6.07 Å². The number of aryl methyl sites for hydroxylation is 1. The van der Waals surface area contributed by atoms with Gasteiger partial charge in [0.2, 0.25) is 5.91 Å². The molecule has 0 spiro atoms. The van der Waals surface area contributed by atoms with Gasteiger partial charge in [0.25, 0.3) is 0 Å². The molecule has 0 atom stereocenters. The normalized spacial score (nSPS) is 26.8. The maximum Gasteiger partial charge on any atom is 0.224 e. The number of anilines is 2. The number of carbonyl (C=O) groups is 1. The zero-order valence-corrected chi connectivity index (χ0v) is 20.6. The van der Waals surface area contributed by atoms with Crippen molar-refractivity contribution in [1.82, 2.24) is 10.3 Å². The van der Waals surface area contributed by atoms with Gasteiger partial charge in [0.05, 0.1) is 17.7 Å². The molecule has 2 aromatic heterocycles. The van der Waals surface area contributed by atoms with Crippen LogP contribution in [0.3, 0.4) is 0 Å². The Labute approximate surface area is 207 Å². The monoisotopic (exact) mass is 472 g/mol. The fraction of sp³-hybridized carbons (Fsp3) is 0.517. The van der Waals surface area contributed by atoms with Crippen molar-refractivity contribution in [3.05, 3.63) is 54.0 Å². The number of rotatable bonds is 9.